The molecular weight excluding hydrogens is 325 g/mol. The summed E-state index contributed by atoms with van der Waals surface area (Å²) in [6.07, 6.45) is -0.325. The predicted molar refractivity (Wildman–Crippen MR) is 87.7 cm³/mol. The maximum Gasteiger partial charge on any atom is 0.200 e. The summed E-state index contributed by atoms with van der Waals surface area (Å²) in [5, 5.41) is 0.410. The van der Waals surface area contributed by atoms with E-state index in [4.69, 9.17) is 20.8 Å². The molecule has 0 amide bonds. The molecule has 0 aliphatic carbocycles. The number of oxazole rings is 1. The normalized spacial score (nSPS) is 23.1. The van der Waals surface area contributed by atoms with Crippen LogP contribution in [0, 0.1) is 0 Å². The van der Waals surface area contributed by atoms with Crippen molar-refractivity contribution in [3.63, 3.8) is 0 Å². The fourth-order valence-corrected chi connectivity index (χ4v) is 3.80. The Labute approximate surface area is 138 Å². The van der Waals surface area contributed by atoms with E-state index in [1.807, 2.05) is 26.8 Å². The van der Waals surface area contributed by atoms with Gasteiger partial charge in [0.15, 0.2) is 5.58 Å². The monoisotopic (exact) mass is 343 g/mol. The molecule has 22 heavy (non-hydrogen) atoms. The number of hydrogen-bond acceptors (Lipinski definition) is 4. The number of halogens is 2. The van der Waals surface area contributed by atoms with E-state index >= 15 is 0 Å². The van der Waals surface area contributed by atoms with Crippen LogP contribution in [0.25, 0.3) is 11.1 Å². The van der Waals surface area contributed by atoms with E-state index in [0.717, 1.165) is 10.4 Å². The van der Waals surface area contributed by atoms with Crippen molar-refractivity contribution in [1.29, 1.82) is 0 Å². The van der Waals surface area contributed by atoms with Gasteiger partial charge in [-0.2, -0.15) is 0 Å². The molecule has 1 aliphatic heterocycles. The number of benzene rings is 1. The van der Waals surface area contributed by atoms with E-state index in [1.165, 1.54) is 11.8 Å². The van der Waals surface area contributed by atoms with Gasteiger partial charge in [0.05, 0.1) is 16.5 Å². The van der Waals surface area contributed by atoms with Crippen LogP contribution in [0.1, 0.15) is 33.1 Å². The third-order valence-electron chi connectivity index (χ3n) is 3.60. The quantitative estimate of drug-likeness (QED) is 0.768. The van der Waals surface area contributed by atoms with Gasteiger partial charge < -0.3 is 9.15 Å². The Hall–Kier alpha value is -0.780. The summed E-state index contributed by atoms with van der Waals surface area (Å²) >= 11 is 7.76. The van der Waals surface area contributed by atoms with Crippen molar-refractivity contribution in [3.05, 3.63) is 23.0 Å². The highest BCUT2D eigenvalue weighted by molar-refractivity contribution is 8.00. The van der Waals surface area contributed by atoms with Crippen LogP contribution >= 0.6 is 23.4 Å². The first-order valence-electron chi connectivity index (χ1n) is 7.34. The van der Waals surface area contributed by atoms with Crippen molar-refractivity contribution in [1.82, 2.24) is 4.98 Å². The number of rotatable bonds is 2. The van der Waals surface area contributed by atoms with Gasteiger partial charge in [-0.25, -0.2) is 9.37 Å². The fourth-order valence-electron chi connectivity index (χ4n) is 2.34. The summed E-state index contributed by atoms with van der Waals surface area (Å²) < 4.78 is 25.1. The largest absolute Gasteiger partial charge is 0.439 e. The standard InChI is InChI=1S/C16H19ClFNO2S/c1-16(2,3)15-19-11-5-4-9(17)14(13(11)21-15)22-12-6-7-20-8-10(12)18/h4-5,10,12H,6-8H2,1-3H3. The Morgan fingerprint density at radius 1 is 1.36 bits per heavy atom. The molecule has 0 saturated carbocycles. The molecule has 0 spiro atoms. The number of fused-ring (bicyclic) bond motifs is 1. The van der Waals surface area contributed by atoms with E-state index in [9.17, 15) is 4.39 Å². The van der Waals surface area contributed by atoms with Gasteiger partial charge in [-0.15, -0.1) is 11.8 Å². The first-order chi connectivity index (χ1) is 10.4. The minimum absolute atomic E-state index is 0.148. The number of thioether (sulfide) groups is 1. The maximum atomic E-state index is 14.0. The van der Waals surface area contributed by atoms with Gasteiger partial charge in [0, 0.05) is 17.3 Å². The molecule has 1 aromatic heterocycles. The van der Waals surface area contributed by atoms with Crippen LogP contribution in [0.3, 0.4) is 0 Å². The molecule has 0 N–H and O–H groups in total. The minimum atomic E-state index is -0.991. The van der Waals surface area contributed by atoms with Crippen molar-refractivity contribution in [2.45, 2.75) is 48.9 Å². The van der Waals surface area contributed by atoms with Gasteiger partial charge in [-0.1, -0.05) is 32.4 Å². The van der Waals surface area contributed by atoms with E-state index in [2.05, 4.69) is 4.98 Å². The molecule has 0 radical (unpaired) electrons. The van der Waals surface area contributed by atoms with Gasteiger partial charge in [-0.05, 0) is 18.6 Å². The first-order valence-corrected chi connectivity index (χ1v) is 8.60. The SMILES string of the molecule is CC(C)(C)c1nc2ccc(Cl)c(SC3CCOCC3F)c2o1. The number of alkyl halides is 1. The number of nitrogens with zero attached hydrogens (tertiary/aromatic N) is 1. The number of aromatic nitrogens is 1. The molecule has 1 saturated heterocycles. The number of hydrogen-bond donors (Lipinski definition) is 0. The second-order valence-corrected chi connectivity index (χ2v) is 8.19. The van der Waals surface area contributed by atoms with Crippen LogP contribution in [-0.2, 0) is 10.2 Å². The lowest BCUT2D eigenvalue weighted by molar-refractivity contribution is 0.0410. The fraction of sp³-hybridized carbons (Fsp3) is 0.562. The molecule has 2 heterocycles. The highest BCUT2D eigenvalue weighted by atomic mass is 35.5. The van der Waals surface area contributed by atoms with E-state index in [0.29, 0.717) is 29.5 Å². The first kappa shape index (κ1) is 16.1. The van der Waals surface area contributed by atoms with Crippen molar-refractivity contribution < 1.29 is 13.5 Å². The topological polar surface area (TPSA) is 35.3 Å². The van der Waals surface area contributed by atoms with Gasteiger partial charge >= 0.3 is 0 Å². The average Bonchev–Trinajstić information content (AvgIpc) is 2.88. The number of ether oxygens (including phenoxy) is 1. The van der Waals surface area contributed by atoms with Crippen LogP contribution in [-0.4, -0.2) is 29.6 Å². The Morgan fingerprint density at radius 3 is 2.82 bits per heavy atom. The highest BCUT2D eigenvalue weighted by Crippen LogP contribution is 2.41. The Bertz CT molecular complexity index is 683. The van der Waals surface area contributed by atoms with E-state index < -0.39 is 6.17 Å². The molecule has 120 valence electrons. The van der Waals surface area contributed by atoms with Gasteiger partial charge in [-0.3, -0.25) is 0 Å². The molecule has 3 rings (SSSR count). The zero-order valence-corrected chi connectivity index (χ0v) is 14.4. The molecule has 2 atom stereocenters. The van der Waals surface area contributed by atoms with E-state index in [-0.39, 0.29) is 17.3 Å². The molecule has 1 fully saturated rings. The van der Waals surface area contributed by atoms with Gasteiger partial charge in [0.2, 0.25) is 5.89 Å². The molecule has 1 aromatic carbocycles. The Morgan fingerprint density at radius 2 is 2.14 bits per heavy atom. The summed E-state index contributed by atoms with van der Waals surface area (Å²) in [6, 6.07) is 3.64. The molecule has 2 aromatic rings. The second-order valence-electron chi connectivity index (χ2n) is 6.53. The van der Waals surface area contributed by atoms with Gasteiger partial charge in [0.1, 0.15) is 11.7 Å². The van der Waals surface area contributed by atoms with Crippen LogP contribution in [0.4, 0.5) is 4.39 Å². The predicted octanol–water partition coefficient (Wildman–Crippen LogP) is 5.00. The van der Waals surface area contributed by atoms with Crippen molar-refractivity contribution >= 4 is 34.5 Å². The molecule has 2 unspecified atom stereocenters. The summed E-state index contributed by atoms with van der Waals surface area (Å²) in [5.41, 5.74) is 1.23. The second kappa shape index (κ2) is 6.02. The lowest BCUT2D eigenvalue weighted by Gasteiger charge is -2.25. The third-order valence-corrected chi connectivity index (χ3v) is 5.50. The lowest BCUT2D eigenvalue weighted by Crippen LogP contribution is -2.31. The summed E-state index contributed by atoms with van der Waals surface area (Å²) in [5.74, 6) is 0.662. The lowest BCUT2D eigenvalue weighted by atomic mass is 9.97. The third kappa shape index (κ3) is 3.12. The maximum absolute atomic E-state index is 14.0. The Balaban J connectivity index is 2.00. The van der Waals surface area contributed by atoms with Crippen LogP contribution < -0.4 is 0 Å². The molecular formula is C16H19ClFNO2S. The zero-order valence-electron chi connectivity index (χ0n) is 12.9. The smallest absolute Gasteiger partial charge is 0.200 e. The average molecular weight is 344 g/mol. The summed E-state index contributed by atoms with van der Waals surface area (Å²) in [7, 11) is 0. The molecule has 1 aliphatic rings. The highest BCUT2D eigenvalue weighted by Gasteiger charge is 2.29. The van der Waals surface area contributed by atoms with Crippen LogP contribution in [0.5, 0.6) is 0 Å². The Kier molecular flexibility index (Phi) is 4.40. The molecule has 0 bridgehead atoms. The summed E-state index contributed by atoms with van der Waals surface area (Å²) in [6.45, 7) is 6.86. The zero-order chi connectivity index (χ0) is 15.9. The minimum Gasteiger partial charge on any atom is -0.439 e. The van der Waals surface area contributed by atoms with Crippen LogP contribution in [0.2, 0.25) is 5.02 Å². The van der Waals surface area contributed by atoms with Crippen molar-refractivity contribution in [3.8, 4) is 0 Å². The molecule has 6 heteroatoms. The van der Waals surface area contributed by atoms with E-state index in [1.54, 1.807) is 6.07 Å². The van der Waals surface area contributed by atoms with Crippen molar-refractivity contribution in [2.24, 2.45) is 0 Å². The van der Waals surface area contributed by atoms with Crippen molar-refractivity contribution in [2.75, 3.05) is 13.2 Å². The van der Waals surface area contributed by atoms with Gasteiger partial charge in [0.25, 0.3) is 0 Å². The van der Waals surface area contributed by atoms with Crippen LogP contribution in [0.15, 0.2) is 21.4 Å². The summed E-state index contributed by atoms with van der Waals surface area (Å²) in [4.78, 5) is 5.32. The molecule has 3 nitrogen and oxygen atoms in total.